The zero-order valence-corrected chi connectivity index (χ0v) is 10.1. The first-order chi connectivity index (χ1) is 8.03. The van der Waals surface area contributed by atoms with Gasteiger partial charge in [0.2, 0.25) is 0 Å². The molecule has 2 heterocycles. The minimum atomic E-state index is -0.939. The predicted octanol–water partition coefficient (Wildman–Crippen LogP) is 0.375. The third-order valence-electron chi connectivity index (χ3n) is 3.04. The SMILES string of the molecule is CC1OCCC1(O)CNc1cn[nH]c(=O)c1Cl. The van der Waals surface area contributed by atoms with Crippen molar-refractivity contribution in [2.75, 3.05) is 18.5 Å². The zero-order chi connectivity index (χ0) is 12.5. The van der Waals surface area contributed by atoms with Crippen LogP contribution in [0.2, 0.25) is 5.02 Å². The van der Waals surface area contributed by atoms with Gasteiger partial charge >= 0.3 is 0 Å². The molecule has 0 spiro atoms. The van der Waals surface area contributed by atoms with Crippen LogP contribution in [0.25, 0.3) is 0 Å². The third-order valence-corrected chi connectivity index (χ3v) is 3.42. The lowest BCUT2D eigenvalue weighted by molar-refractivity contribution is -0.0175. The van der Waals surface area contributed by atoms with E-state index in [4.69, 9.17) is 16.3 Å². The highest BCUT2D eigenvalue weighted by Crippen LogP contribution is 2.26. The van der Waals surface area contributed by atoms with Gasteiger partial charge in [0.1, 0.15) is 10.6 Å². The highest BCUT2D eigenvalue weighted by Gasteiger charge is 2.39. The molecule has 0 amide bonds. The number of aliphatic hydroxyl groups is 1. The Bertz CT molecular complexity index is 464. The summed E-state index contributed by atoms with van der Waals surface area (Å²) >= 11 is 5.80. The first-order valence-electron chi connectivity index (χ1n) is 5.34. The van der Waals surface area contributed by atoms with Gasteiger partial charge in [-0.3, -0.25) is 4.79 Å². The number of nitrogens with one attached hydrogen (secondary N) is 2. The smallest absolute Gasteiger partial charge is 0.285 e. The average molecular weight is 260 g/mol. The fraction of sp³-hybridized carbons (Fsp3) is 0.600. The molecule has 6 nitrogen and oxygen atoms in total. The molecule has 1 aromatic rings. The number of aromatic amines is 1. The van der Waals surface area contributed by atoms with E-state index in [-0.39, 0.29) is 17.7 Å². The molecular weight excluding hydrogens is 246 g/mol. The molecule has 0 bridgehead atoms. The first kappa shape index (κ1) is 12.3. The van der Waals surface area contributed by atoms with Crippen molar-refractivity contribution >= 4 is 17.3 Å². The van der Waals surface area contributed by atoms with Gasteiger partial charge in [-0.25, -0.2) is 5.10 Å². The van der Waals surface area contributed by atoms with Gasteiger partial charge < -0.3 is 15.2 Å². The van der Waals surface area contributed by atoms with Crippen LogP contribution in [0.5, 0.6) is 0 Å². The number of aromatic nitrogens is 2. The van der Waals surface area contributed by atoms with Crippen molar-refractivity contribution in [3.63, 3.8) is 0 Å². The van der Waals surface area contributed by atoms with Crippen LogP contribution in [0, 0.1) is 0 Å². The average Bonchev–Trinajstić information content (AvgIpc) is 2.62. The summed E-state index contributed by atoms with van der Waals surface area (Å²) in [5.74, 6) is 0. The Balaban J connectivity index is 2.07. The summed E-state index contributed by atoms with van der Waals surface area (Å²) in [7, 11) is 0. The summed E-state index contributed by atoms with van der Waals surface area (Å²) < 4.78 is 5.30. The molecule has 17 heavy (non-hydrogen) atoms. The number of nitrogens with zero attached hydrogens (tertiary/aromatic N) is 1. The fourth-order valence-corrected chi connectivity index (χ4v) is 1.92. The zero-order valence-electron chi connectivity index (χ0n) is 9.36. The summed E-state index contributed by atoms with van der Waals surface area (Å²) in [5.41, 5.74) is -0.992. The Kier molecular flexibility index (Phi) is 3.37. The first-order valence-corrected chi connectivity index (χ1v) is 5.72. The highest BCUT2D eigenvalue weighted by atomic mass is 35.5. The Morgan fingerprint density at radius 2 is 2.59 bits per heavy atom. The van der Waals surface area contributed by atoms with E-state index in [1.807, 2.05) is 6.92 Å². The van der Waals surface area contributed by atoms with E-state index in [2.05, 4.69) is 15.5 Å². The second-order valence-electron chi connectivity index (χ2n) is 4.15. The van der Waals surface area contributed by atoms with Crippen molar-refractivity contribution in [1.29, 1.82) is 0 Å². The molecule has 2 unspecified atom stereocenters. The lowest BCUT2D eigenvalue weighted by Gasteiger charge is -2.26. The second-order valence-corrected chi connectivity index (χ2v) is 4.52. The largest absolute Gasteiger partial charge is 0.385 e. The molecular formula is C10H14ClN3O3. The van der Waals surface area contributed by atoms with E-state index in [0.29, 0.717) is 18.7 Å². The van der Waals surface area contributed by atoms with Gasteiger partial charge in [0.25, 0.3) is 5.56 Å². The maximum Gasteiger partial charge on any atom is 0.285 e. The lowest BCUT2D eigenvalue weighted by atomic mass is 9.97. The van der Waals surface area contributed by atoms with Crippen molar-refractivity contribution in [3.05, 3.63) is 21.6 Å². The summed E-state index contributed by atoms with van der Waals surface area (Å²) in [4.78, 5) is 11.2. The van der Waals surface area contributed by atoms with E-state index in [9.17, 15) is 9.90 Å². The summed E-state index contributed by atoms with van der Waals surface area (Å²) in [6, 6.07) is 0. The van der Waals surface area contributed by atoms with Crippen molar-refractivity contribution in [2.45, 2.75) is 25.0 Å². The molecule has 7 heteroatoms. The van der Waals surface area contributed by atoms with E-state index in [1.54, 1.807) is 0 Å². The van der Waals surface area contributed by atoms with Gasteiger partial charge in [-0.15, -0.1) is 0 Å². The number of hydrogen-bond donors (Lipinski definition) is 3. The molecule has 3 N–H and O–H groups in total. The standard InChI is InChI=1S/C10H14ClN3O3/c1-6-10(16,2-3-17-6)5-12-7-4-13-14-9(15)8(7)11/h4,6,16H,2-3,5H2,1H3,(H2,12,14,15). The monoisotopic (exact) mass is 259 g/mol. The second kappa shape index (κ2) is 4.64. The van der Waals surface area contributed by atoms with E-state index in [0.717, 1.165) is 0 Å². The minimum absolute atomic E-state index is 0.0372. The molecule has 0 saturated carbocycles. The van der Waals surface area contributed by atoms with E-state index >= 15 is 0 Å². The van der Waals surface area contributed by atoms with Crippen LogP contribution in [0.4, 0.5) is 5.69 Å². The van der Waals surface area contributed by atoms with Crippen molar-refractivity contribution in [2.24, 2.45) is 0 Å². The van der Waals surface area contributed by atoms with Crippen molar-refractivity contribution < 1.29 is 9.84 Å². The molecule has 0 aliphatic carbocycles. The van der Waals surface area contributed by atoms with Crippen LogP contribution >= 0.6 is 11.6 Å². The third kappa shape index (κ3) is 2.43. The van der Waals surface area contributed by atoms with Crippen molar-refractivity contribution in [3.8, 4) is 0 Å². The molecule has 94 valence electrons. The Labute approximate surface area is 103 Å². The van der Waals surface area contributed by atoms with Crippen LogP contribution in [0.15, 0.2) is 11.0 Å². The van der Waals surface area contributed by atoms with Crippen LogP contribution in [-0.2, 0) is 4.74 Å². The molecule has 2 atom stereocenters. The molecule has 1 fully saturated rings. The van der Waals surface area contributed by atoms with Gasteiger partial charge in [-0.2, -0.15) is 5.10 Å². The van der Waals surface area contributed by atoms with Crippen LogP contribution in [0.1, 0.15) is 13.3 Å². The van der Waals surface area contributed by atoms with E-state index < -0.39 is 11.2 Å². The Hall–Kier alpha value is -1.11. The number of rotatable bonds is 3. The number of halogens is 1. The molecule has 1 aliphatic rings. The number of H-pyrrole nitrogens is 1. The highest BCUT2D eigenvalue weighted by molar-refractivity contribution is 6.32. The summed E-state index contributed by atoms with van der Waals surface area (Å²) in [6.45, 7) is 2.60. The lowest BCUT2D eigenvalue weighted by Crippen LogP contribution is -2.43. The van der Waals surface area contributed by atoms with Crippen LogP contribution in [-0.4, -0.2) is 40.2 Å². The number of hydrogen-bond acceptors (Lipinski definition) is 5. The van der Waals surface area contributed by atoms with Crippen molar-refractivity contribution in [1.82, 2.24) is 10.2 Å². The molecule has 1 saturated heterocycles. The summed E-state index contributed by atoms with van der Waals surface area (Å²) in [6.07, 6.45) is 1.71. The van der Waals surface area contributed by atoms with Gasteiger partial charge in [-0.1, -0.05) is 11.6 Å². The molecule has 1 aromatic heterocycles. The van der Waals surface area contributed by atoms with E-state index in [1.165, 1.54) is 6.20 Å². The normalized spacial score (nSPS) is 28.3. The predicted molar refractivity (Wildman–Crippen MR) is 63.3 cm³/mol. The maximum absolute atomic E-state index is 11.2. The Morgan fingerprint density at radius 1 is 1.82 bits per heavy atom. The molecule has 2 rings (SSSR count). The number of anilines is 1. The topological polar surface area (TPSA) is 87.2 Å². The maximum atomic E-state index is 11.2. The Morgan fingerprint density at radius 3 is 3.24 bits per heavy atom. The minimum Gasteiger partial charge on any atom is -0.385 e. The molecule has 1 aliphatic heterocycles. The van der Waals surface area contributed by atoms with Gasteiger partial charge in [-0.05, 0) is 6.92 Å². The van der Waals surface area contributed by atoms with Crippen LogP contribution in [0.3, 0.4) is 0 Å². The molecule has 0 aromatic carbocycles. The van der Waals surface area contributed by atoms with Gasteiger partial charge in [0.15, 0.2) is 0 Å². The van der Waals surface area contributed by atoms with Gasteiger partial charge in [0, 0.05) is 19.6 Å². The number of ether oxygens (including phenoxy) is 1. The molecule has 0 radical (unpaired) electrons. The van der Waals surface area contributed by atoms with Crippen LogP contribution < -0.4 is 10.9 Å². The fourth-order valence-electron chi connectivity index (χ4n) is 1.76. The summed E-state index contributed by atoms with van der Waals surface area (Å²) in [5, 5.41) is 19.1. The van der Waals surface area contributed by atoms with Gasteiger partial charge in [0.05, 0.1) is 18.0 Å². The quantitative estimate of drug-likeness (QED) is 0.730.